The van der Waals surface area contributed by atoms with E-state index in [-0.39, 0.29) is 11.2 Å². The van der Waals surface area contributed by atoms with Gasteiger partial charge in [-0.2, -0.15) is 0 Å². The van der Waals surface area contributed by atoms with Crippen LogP contribution in [0.2, 0.25) is 0 Å². The quantitative estimate of drug-likeness (QED) is 0.214. The minimum atomic E-state index is -0.251. The summed E-state index contributed by atoms with van der Waals surface area (Å²) in [5.74, 6) is 0.941. The van der Waals surface area contributed by atoms with Crippen molar-refractivity contribution in [2.75, 3.05) is 0 Å². The molecule has 0 aliphatic carbocycles. The number of benzene rings is 5. The molecule has 0 radical (unpaired) electrons. The molecule has 8 rings (SSSR count). The number of hydrogen-bond donors (Lipinski definition) is 1. The Bertz CT molecular complexity index is 2460. The summed E-state index contributed by atoms with van der Waals surface area (Å²) >= 11 is 0. The van der Waals surface area contributed by atoms with E-state index in [0.717, 1.165) is 77.7 Å². The number of fused-ring (bicyclic) bond motifs is 4. The van der Waals surface area contributed by atoms with Crippen molar-refractivity contribution in [3.8, 4) is 45.2 Å². The predicted octanol–water partition coefficient (Wildman–Crippen LogP) is 10.9. The molecule has 5 aromatic carbocycles. The summed E-state index contributed by atoms with van der Waals surface area (Å²) in [5.41, 5.74) is 11.8. The zero-order chi connectivity index (χ0) is 32.4. The molecule has 1 N–H and O–H groups in total. The van der Waals surface area contributed by atoms with Gasteiger partial charge in [-0.3, -0.25) is 9.55 Å². The predicted molar refractivity (Wildman–Crippen MR) is 192 cm³/mol. The number of para-hydroxylation sites is 4. The zero-order valence-electron chi connectivity index (χ0n) is 27.2. The smallest absolute Gasteiger partial charge is 0.149 e. The summed E-state index contributed by atoms with van der Waals surface area (Å²) in [4.78, 5) is 10.1. The summed E-state index contributed by atoms with van der Waals surface area (Å²) in [6.07, 6.45) is 1.82. The van der Waals surface area contributed by atoms with Gasteiger partial charge in [0.25, 0.3) is 0 Å². The summed E-state index contributed by atoms with van der Waals surface area (Å²) in [5, 5.41) is 13.9. The molecule has 3 heterocycles. The minimum absolute atomic E-state index is 0.251. The molecule has 5 nitrogen and oxygen atoms in total. The highest BCUT2D eigenvalue weighted by Gasteiger charge is 2.26. The molecule has 0 bridgehead atoms. The van der Waals surface area contributed by atoms with Crippen molar-refractivity contribution in [2.24, 2.45) is 0 Å². The van der Waals surface area contributed by atoms with Crippen molar-refractivity contribution in [1.82, 2.24) is 14.5 Å². The number of furan rings is 1. The van der Waals surface area contributed by atoms with Gasteiger partial charge >= 0.3 is 0 Å². The van der Waals surface area contributed by atoms with Gasteiger partial charge in [0.2, 0.25) is 0 Å². The number of aryl methyl sites for hydroxylation is 2. The van der Waals surface area contributed by atoms with E-state index < -0.39 is 0 Å². The normalized spacial score (nSPS) is 12.0. The molecular formula is C42H35N3O2. The molecule has 0 aliphatic heterocycles. The molecule has 0 amide bonds. The average molecular weight is 614 g/mol. The van der Waals surface area contributed by atoms with Crippen molar-refractivity contribution in [1.29, 1.82) is 0 Å². The number of imidazole rings is 1. The van der Waals surface area contributed by atoms with Crippen molar-refractivity contribution < 1.29 is 9.52 Å². The Balaban J connectivity index is 1.50. The largest absolute Gasteiger partial charge is 0.507 e. The summed E-state index contributed by atoms with van der Waals surface area (Å²) in [7, 11) is 0. The van der Waals surface area contributed by atoms with Crippen molar-refractivity contribution in [3.05, 3.63) is 132 Å². The van der Waals surface area contributed by atoms with Gasteiger partial charge in [-0.1, -0.05) is 87.5 Å². The van der Waals surface area contributed by atoms with Gasteiger partial charge in [0.15, 0.2) is 0 Å². The van der Waals surface area contributed by atoms with Crippen LogP contribution in [0.4, 0.5) is 0 Å². The number of aromatic nitrogens is 3. The third-order valence-electron chi connectivity index (χ3n) is 9.16. The highest BCUT2D eigenvalue weighted by atomic mass is 16.3. The van der Waals surface area contributed by atoms with Crippen LogP contribution in [-0.2, 0) is 5.41 Å². The summed E-state index contributed by atoms with van der Waals surface area (Å²) in [6, 6.07) is 37.1. The van der Waals surface area contributed by atoms with E-state index >= 15 is 0 Å². The lowest BCUT2D eigenvalue weighted by Gasteiger charge is -2.22. The maximum absolute atomic E-state index is 11.8. The van der Waals surface area contributed by atoms with E-state index in [4.69, 9.17) is 14.4 Å². The molecule has 0 spiro atoms. The lowest BCUT2D eigenvalue weighted by molar-refractivity contribution is 0.448. The number of aromatic hydroxyl groups is 1. The maximum atomic E-state index is 11.8. The third kappa shape index (κ3) is 4.61. The lowest BCUT2D eigenvalue weighted by atomic mass is 9.85. The topological polar surface area (TPSA) is 64.1 Å². The van der Waals surface area contributed by atoms with Gasteiger partial charge in [0.05, 0.1) is 28.0 Å². The molecule has 8 aromatic rings. The first-order chi connectivity index (χ1) is 22.7. The second-order valence-corrected chi connectivity index (χ2v) is 13.3. The van der Waals surface area contributed by atoms with Gasteiger partial charge in [0, 0.05) is 33.7 Å². The maximum Gasteiger partial charge on any atom is 0.149 e. The molecule has 0 saturated heterocycles. The zero-order valence-corrected chi connectivity index (χ0v) is 27.2. The Hall–Kier alpha value is -5.68. The third-order valence-corrected chi connectivity index (χ3v) is 9.16. The summed E-state index contributed by atoms with van der Waals surface area (Å²) < 4.78 is 8.81. The molecule has 0 aliphatic rings. The van der Waals surface area contributed by atoms with Gasteiger partial charge in [-0.05, 0) is 78.4 Å². The number of rotatable bonds is 4. The van der Waals surface area contributed by atoms with Crippen LogP contribution in [0.25, 0.3) is 72.4 Å². The first-order valence-electron chi connectivity index (χ1n) is 16.0. The van der Waals surface area contributed by atoms with Gasteiger partial charge in [0.1, 0.15) is 22.7 Å². The average Bonchev–Trinajstić information content (AvgIpc) is 3.63. The van der Waals surface area contributed by atoms with Crippen LogP contribution in [0, 0.1) is 13.8 Å². The van der Waals surface area contributed by atoms with Crippen molar-refractivity contribution >= 4 is 33.0 Å². The number of nitrogens with zero attached hydrogens (tertiary/aromatic N) is 3. The van der Waals surface area contributed by atoms with Crippen LogP contribution in [0.3, 0.4) is 0 Å². The van der Waals surface area contributed by atoms with Crippen LogP contribution >= 0.6 is 0 Å². The molecule has 5 heteroatoms. The molecule has 47 heavy (non-hydrogen) atoms. The number of hydrogen-bond acceptors (Lipinski definition) is 4. The van der Waals surface area contributed by atoms with Gasteiger partial charge in [-0.15, -0.1) is 0 Å². The second kappa shape index (κ2) is 10.7. The Morgan fingerprint density at radius 3 is 2.19 bits per heavy atom. The molecule has 0 fully saturated rings. The number of phenolic OH excluding ortho intramolecular Hbond substituents is 1. The fraction of sp³-hybridized carbons (Fsp3) is 0.143. The van der Waals surface area contributed by atoms with Gasteiger partial charge in [-0.25, -0.2) is 4.98 Å². The minimum Gasteiger partial charge on any atom is -0.507 e. The Morgan fingerprint density at radius 1 is 0.702 bits per heavy atom. The number of phenols is 1. The monoisotopic (exact) mass is 613 g/mol. The molecule has 0 saturated carbocycles. The van der Waals surface area contributed by atoms with E-state index in [1.54, 1.807) is 0 Å². The standard InChI is InChI=1S/C42H35N3O2/c1-25-13-10-14-26(2)38(25)45-35-20-12-16-29(37(35)44-41(45)30-17-11-18-33(39(30)46)42(3,4)5)32-24-27(34-19-8-9-22-43-34)23-31-28-15-6-7-21-36(28)47-40(31)32/h6-24,46H,1-5H3. The van der Waals surface area contributed by atoms with Gasteiger partial charge < -0.3 is 9.52 Å². The van der Waals surface area contributed by atoms with Crippen LogP contribution in [0.15, 0.2) is 120 Å². The molecular weight excluding hydrogens is 578 g/mol. The Morgan fingerprint density at radius 2 is 1.43 bits per heavy atom. The fourth-order valence-corrected chi connectivity index (χ4v) is 6.92. The van der Waals surface area contributed by atoms with Crippen LogP contribution in [0.1, 0.15) is 37.5 Å². The Labute approximate surface area is 273 Å². The summed E-state index contributed by atoms with van der Waals surface area (Å²) in [6.45, 7) is 10.6. The highest BCUT2D eigenvalue weighted by molar-refractivity contribution is 6.13. The van der Waals surface area contributed by atoms with E-state index in [1.165, 1.54) is 0 Å². The van der Waals surface area contributed by atoms with E-state index in [9.17, 15) is 5.11 Å². The van der Waals surface area contributed by atoms with Crippen LogP contribution < -0.4 is 0 Å². The van der Waals surface area contributed by atoms with E-state index in [2.05, 4.69) is 93.8 Å². The molecule has 230 valence electrons. The molecule has 0 atom stereocenters. The van der Waals surface area contributed by atoms with Crippen LogP contribution in [-0.4, -0.2) is 19.6 Å². The second-order valence-electron chi connectivity index (χ2n) is 13.3. The molecule has 3 aromatic heterocycles. The highest BCUT2D eigenvalue weighted by Crippen LogP contribution is 2.45. The van der Waals surface area contributed by atoms with E-state index in [0.29, 0.717) is 11.4 Å². The van der Waals surface area contributed by atoms with Crippen molar-refractivity contribution in [2.45, 2.75) is 40.0 Å². The Kier molecular flexibility index (Phi) is 6.55. The van der Waals surface area contributed by atoms with Crippen LogP contribution in [0.5, 0.6) is 5.75 Å². The first-order valence-corrected chi connectivity index (χ1v) is 16.0. The first kappa shape index (κ1) is 28.8. The fourth-order valence-electron chi connectivity index (χ4n) is 6.92. The number of pyridine rings is 1. The molecule has 0 unspecified atom stereocenters. The SMILES string of the molecule is Cc1cccc(C)c1-n1c(-c2cccc(C(C)(C)C)c2O)nc2c(-c3cc(-c4ccccn4)cc4c3oc3ccccc34)cccc21. The van der Waals surface area contributed by atoms with Crippen molar-refractivity contribution in [3.63, 3.8) is 0 Å². The van der Waals surface area contributed by atoms with E-state index in [1.807, 2.05) is 60.8 Å². The lowest BCUT2D eigenvalue weighted by Crippen LogP contribution is -2.12.